The number of para-hydroxylation sites is 1. The maximum absolute atomic E-state index is 12.8. The van der Waals surface area contributed by atoms with Crippen LogP contribution in [0.25, 0.3) is 10.9 Å². The molecule has 1 aromatic heterocycles. The molecule has 3 aromatic rings. The number of fused-ring (bicyclic) bond motifs is 1. The zero-order valence-corrected chi connectivity index (χ0v) is 14.6. The Balaban J connectivity index is 1.91. The van der Waals surface area contributed by atoms with Gasteiger partial charge in [-0.1, -0.05) is 48.5 Å². The highest BCUT2D eigenvalue weighted by molar-refractivity contribution is 5.82. The topological polar surface area (TPSA) is 42.3 Å². The maximum Gasteiger partial charge on any atom is 0.254 e. The predicted octanol–water partition coefficient (Wildman–Crippen LogP) is 3.36. The van der Waals surface area contributed by atoms with Crippen LogP contribution < -0.4 is 5.56 Å². The molecule has 0 fully saturated rings. The van der Waals surface area contributed by atoms with Gasteiger partial charge in [0.15, 0.2) is 0 Å². The van der Waals surface area contributed by atoms with Crippen LogP contribution in [0.1, 0.15) is 18.1 Å². The first-order valence-corrected chi connectivity index (χ1v) is 8.51. The van der Waals surface area contributed by atoms with Gasteiger partial charge in [0.1, 0.15) is 6.54 Å². The number of nitrogens with zero attached hydrogens (tertiary/aromatic N) is 2. The van der Waals surface area contributed by atoms with Gasteiger partial charge in [-0.3, -0.25) is 14.2 Å². The Hall–Kier alpha value is -2.88. The molecule has 0 radical (unpaired) electrons. The molecule has 2 aromatic carbocycles. The Bertz CT molecular complexity index is 945. The van der Waals surface area contributed by atoms with Crippen molar-refractivity contribution in [2.45, 2.75) is 26.9 Å². The zero-order chi connectivity index (χ0) is 17.8. The minimum atomic E-state index is -0.109. The van der Waals surface area contributed by atoms with Gasteiger partial charge in [-0.05, 0) is 36.9 Å². The highest BCUT2D eigenvalue weighted by Crippen LogP contribution is 2.14. The summed E-state index contributed by atoms with van der Waals surface area (Å²) in [7, 11) is 0. The lowest BCUT2D eigenvalue weighted by Gasteiger charge is -2.22. The van der Waals surface area contributed by atoms with Gasteiger partial charge >= 0.3 is 0 Å². The molecule has 1 amide bonds. The number of aromatic nitrogens is 1. The van der Waals surface area contributed by atoms with E-state index in [9.17, 15) is 9.59 Å². The number of benzene rings is 2. The second kappa shape index (κ2) is 7.34. The second-order valence-corrected chi connectivity index (χ2v) is 6.17. The molecule has 0 aliphatic rings. The first-order chi connectivity index (χ1) is 12.1. The van der Waals surface area contributed by atoms with Crippen LogP contribution in [-0.2, 0) is 17.9 Å². The van der Waals surface area contributed by atoms with Crippen LogP contribution in [0.2, 0.25) is 0 Å². The van der Waals surface area contributed by atoms with E-state index in [4.69, 9.17) is 0 Å². The summed E-state index contributed by atoms with van der Waals surface area (Å²) in [6, 6.07) is 19.4. The molecule has 0 aliphatic carbocycles. The van der Waals surface area contributed by atoms with Crippen molar-refractivity contribution in [1.82, 2.24) is 9.47 Å². The predicted molar refractivity (Wildman–Crippen MR) is 100 cm³/mol. The summed E-state index contributed by atoms with van der Waals surface area (Å²) in [5, 5.41) is 0.971. The van der Waals surface area contributed by atoms with E-state index >= 15 is 0 Å². The number of carbonyl (C=O) groups excluding carboxylic acids is 1. The van der Waals surface area contributed by atoms with Crippen LogP contribution in [0.4, 0.5) is 0 Å². The largest absolute Gasteiger partial charge is 0.337 e. The van der Waals surface area contributed by atoms with Crippen molar-refractivity contribution < 1.29 is 4.79 Å². The van der Waals surface area contributed by atoms with E-state index in [0.717, 1.165) is 16.5 Å². The number of hydrogen-bond donors (Lipinski definition) is 0. The van der Waals surface area contributed by atoms with Gasteiger partial charge in [0.05, 0.1) is 5.52 Å². The minimum Gasteiger partial charge on any atom is -0.337 e. The van der Waals surface area contributed by atoms with Crippen LogP contribution in [0.5, 0.6) is 0 Å². The van der Waals surface area contributed by atoms with Crippen LogP contribution in [-0.4, -0.2) is 21.9 Å². The Morgan fingerprint density at radius 2 is 1.72 bits per heavy atom. The fraction of sp³-hybridized carbons (Fsp3) is 0.238. The van der Waals surface area contributed by atoms with E-state index in [1.807, 2.05) is 67.6 Å². The van der Waals surface area contributed by atoms with Crippen LogP contribution in [0.15, 0.2) is 65.5 Å². The zero-order valence-electron chi connectivity index (χ0n) is 14.6. The molecule has 4 heteroatoms. The lowest BCUT2D eigenvalue weighted by molar-refractivity contribution is -0.132. The first kappa shape index (κ1) is 17.0. The molecule has 0 unspecified atom stereocenters. The Morgan fingerprint density at radius 1 is 1.04 bits per heavy atom. The lowest BCUT2D eigenvalue weighted by atomic mass is 10.1. The Morgan fingerprint density at radius 3 is 2.44 bits per heavy atom. The number of rotatable bonds is 5. The highest BCUT2D eigenvalue weighted by atomic mass is 16.2. The third kappa shape index (κ3) is 3.63. The molecule has 0 saturated heterocycles. The average Bonchev–Trinajstić information content (AvgIpc) is 2.64. The van der Waals surface area contributed by atoms with Crippen molar-refractivity contribution >= 4 is 16.8 Å². The van der Waals surface area contributed by atoms with E-state index in [1.165, 1.54) is 0 Å². The summed E-state index contributed by atoms with van der Waals surface area (Å²) in [6.07, 6.45) is 0. The molecule has 4 nitrogen and oxygen atoms in total. The molecule has 1 heterocycles. The molecule has 3 rings (SSSR count). The summed E-state index contributed by atoms with van der Waals surface area (Å²) in [5.41, 5.74) is 2.42. The number of carbonyl (C=O) groups is 1. The normalized spacial score (nSPS) is 10.8. The minimum absolute atomic E-state index is 0.0517. The third-order valence-electron chi connectivity index (χ3n) is 4.43. The number of amides is 1. The number of hydrogen-bond acceptors (Lipinski definition) is 2. The fourth-order valence-corrected chi connectivity index (χ4v) is 3.05. The molecule has 0 saturated carbocycles. The molecule has 25 heavy (non-hydrogen) atoms. The van der Waals surface area contributed by atoms with Crippen LogP contribution in [0.3, 0.4) is 0 Å². The number of aryl methyl sites for hydroxylation is 1. The van der Waals surface area contributed by atoms with E-state index in [-0.39, 0.29) is 18.0 Å². The summed E-state index contributed by atoms with van der Waals surface area (Å²) in [5.74, 6) is -0.0517. The lowest BCUT2D eigenvalue weighted by Crippen LogP contribution is -2.36. The van der Waals surface area contributed by atoms with Gasteiger partial charge in [-0.25, -0.2) is 0 Å². The average molecular weight is 334 g/mol. The van der Waals surface area contributed by atoms with Crippen molar-refractivity contribution in [2.24, 2.45) is 0 Å². The molecule has 0 aliphatic heterocycles. The quantitative estimate of drug-likeness (QED) is 0.718. The molecule has 128 valence electrons. The van der Waals surface area contributed by atoms with Crippen LogP contribution >= 0.6 is 0 Å². The SMILES string of the molecule is CCN(Cc1ccccc1)C(=O)Cn1c(=O)c(C)cc2ccccc21. The summed E-state index contributed by atoms with van der Waals surface area (Å²) in [6.45, 7) is 4.96. The molecule has 0 atom stereocenters. The van der Waals surface area contributed by atoms with Gasteiger partial charge in [-0.2, -0.15) is 0 Å². The number of pyridine rings is 1. The van der Waals surface area contributed by atoms with E-state index < -0.39 is 0 Å². The van der Waals surface area contributed by atoms with Crippen molar-refractivity contribution in [3.05, 3.63) is 82.1 Å². The first-order valence-electron chi connectivity index (χ1n) is 8.51. The standard InChI is InChI=1S/C21H22N2O2/c1-3-22(14-17-9-5-4-6-10-17)20(24)15-23-19-12-8-7-11-18(19)13-16(2)21(23)25/h4-13H,3,14-15H2,1-2H3. The van der Waals surface area contributed by atoms with Crippen molar-refractivity contribution in [3.8, 4) is 0 Å². The van der Waals surface area contributed by atoms with Gasteiger partial charge in [0, 0.05) is 18.7 Å². The molecule has 0 spiro atoms. The van der Waals surface area contributed by atoms with Crippen LogP contribution in [0, 0.1) is 6.92 Å². The van der Waals surface area contributed by atoms with Gasteiger partial charge in [0.2, 0.25) is 5.91 Å². The van der Waals surface area contributed by atoms with E-state index in [1.54, 1.807) is 16.4 Å². The Labute approximate surface area is 147 Å². The molecular weight excluding hydrogens is 312 g/mol. The maximum atomic E-state index is 12.8. The molecule has 0 bridgehead atoms. The third-order valence-corrected chi connectivity index (χ3v) is 4.43. The van der Waals surface area contributed by atoms with Crippen molar-refractivity contribution in [1.29, 1.82) is 0 Å². The summed E-state index contributed by atoms with van der Waals surface area (Å²) < 4.78 is 1.58. The van der Waals surface area contributed by atoms with E-state index in [0.29, 0.717) is 18.7 Å². The van der Waals surface area contributed by atoms with Gasteiger partial charge < -0.3 is 4.90 Å². The van der Waals surface area contributed by atoms with E-state index in [2.05, 4.69) is 0 Å². The Kier molecular flexibility index (Phi) is 4.98. The smallest absolute Gasteiger partial charge is 0.254 e. The van der Waals surface area contributed by atoms with Gasteiger partial charge in [0.25, 0.3) is 5.56 Å². The molecule has 0 N–H and O–H groups in total. The fourth-order valence-electron chi connectivity index (χ4n) is 3.05. The van der Waals surface area contributed by atoms with Crippen molar-refractivity contribution in [3.63, 3.8) is 0 Å². The summed E-state index contributed by atoms with van der Waals surface area (Å²) >= 11 is 0. The highest BCUT2D eigenvalue weighted by Gasteiger charge is 2.15. The van der Waals surface area contributed by atoms with Crippen molar-refractivity contribution in [2.75, 3.05) is 6.54 Å². The second-order valence-electron chi connectivity index (χ2n) is 6.17. The number of likely N-dealkylation sites (N-methyl/N-ethyl adjacent to an activating group) is 1. The molecular formula is C21H22N2O2. The monoisotopic (exact) mass is 334 g/mol. The van der Waals surface area contributed by atoms with Gasteiger partial charge in [-0.15, -0.1) is 0 Å². The summed E-state index contributed by atoms with van der Waals surface area (Å²) in [4.78, 5) is 27.2.